The van der Waals surface area contributed by atoms with Crippen LogP contribution in [0.3, 0.4) is 0 Å². The van der Waals surface area contributed by atoms with E-state index in [1.165, 1.54) is 22.0 Å². The molecule has 124 valence electrons. The van der Waals surface area contributed by atoms with Gasteiger partial charge in [-0.05, 0) is 29.3 Å². The van der Waals surface area contributed by atoms with Crippen LogP contribution in [0.15, 0.2) is 54.7 Å². The van der Waals surface area contributed by atoms with E-state index in [1.54, 1.807) is 12.1 Å². The van der Waals surface area contributed by atoms with Crippen LogP contribution in [0.25, 0.3) is 10.9 Å². The molecule has 3 nitrogen and oxygen atoms in total. The summed E-state index contributed by atoms with van der Waals surface area (Å²) in [6.45, 7) is 6.15. The Morgan fingerprint density at radius 2 is 1.50 bits per heavy atom. The highest BCUT2D eigenvalue weighted by molar-refractivity contribution is 5.82. The van der Waals surface area contributed by atoms with Crippen molar-refractivity contribution in [3.05, 3.63) is 71.7 Å². The quantitative estimate of drug-likeness (QED) is 0.792. The molecule has 3 aromatic rings. The third-order valence-electron chi connectivity index (χ3n) is 4.85. The fraction of sp³-hybridized carbons (Fsp3) is 0.300. The first-order chi connectivity index (χ1) is 11.8. The van der Waals surface area contributed by atoms with Gasteiger partial charge in [-0.3, -0.25) is 9.80 Å². The van der Waals surface area contributed by atoms with Crippen LogP contribution in [0.4, 0.5) is 4.39 Å². The zero-order chi connectivity index (χ0) is 16.4. The normalized spacial score (nSPS) is 16.7. The van der Waals surface area contributed by atoms with E-state index >= 15 is 0 Å². The highest BCUT2D eigenvalue weighted by Gasteiger charge is 2.18. The van der Waals surface area contributed by atoms with E-state index in [2.05, 4.69) is 45.2 Å². The molecule has 0 unspecified atom stereocenters. The fourth-order valence-electron chi connectivity index (χ4n) is 3.46. The van der Waals surface area contributed by atoms with Crippen LogP contribution < -0.4 is 0 Å². The molecule has 0 bridgehead atoms. The number of nitrogens with zero attached hydrogens (tertiary/aromatic N) is 2. The molecular formula is C20H22FN3. The van der Waals surface area contributed by atoms with E-state index < -0.39 is 0 Å². The van der Waals surface area contributed by atoms with E-state index in [9.17, 15) is 4.39 Å². The Hall–Kier alpha value is -2.17. The maximum Gasteiger partial charge on any atom is 0.123 e. The predicted molar refractivity (Wildman–Crippen MR) is 95.3 cm³/mol. The van der Waals surface area contributed by atoms with Crippen molar-refractivity contribution in [2.75, 3.05) is 26.2 Å². The molecule has 2 heterocycles. The molecular weight excluding hydrogens is 301 g/mol. The van der Waals surface area contributed by atoms with E-state index in [-0.39, 0.29) is 5.82 Å². The molecule has 2 aromatic carbocycles. The lowest BCUT2D eigenvalue weighted by Crippen LogP contribution is -2.45. The number of H-pyrrole nitrogens is 1. The number of aromatic amines is 1. The number of hydrogen-bond donors (Lipinski definition) is 1. The van der Waals surface area contributed by atoms with Gasteiger partial charge in [-0.25, -0.2) is 4.39 Å². The largest absolute Gasteiger partial charge is 0.361 e. The van der Waals surface area contributed by atoms with Crippen molar-refractivity contribution in [3.63, 3.8) is 0 Å². The molecule has 0 saturated carbocycles. The Morgan fingerprint density at radius 3 is 2.25 bits per heavy atom. The van der Waals surface area contributed by atoms with Gasteiger partial charge in [0.25, 0.3) is 0 Å². The van der Waals surface area contributed by atoms with E-state index in [0.717, 1.165) is 39.3 Å². The predicted octanol–water partition coefficient (Wildman–Crippen LogP) is 3.62. The maximum absolute atomic E-state index is 13.0. The van der Waals surface area contributed by atoms with Gasteiger partial charge in [-0.15, -0.1) is 0 Å². The third kappa shape index (κ3) is 3.35. The van der Waals surface area contributed by atoms with Crippen molar-refractivity contribution in [2.45, 2.75) is 13.1 Å². The molecule has 1 aliphatic rings. The minimum atomic E-state index is -0.165. The molecule has 1 aromatic heterocycles. The van der Waals surface area contributed by atoms with Gasteiger partial charge in [0.05, 0.1) is 0 Å². The standard InChI is InChI=1S/C20H22FN3/c21-18-7-5-16(6-8-18)14-23-9-11-24(12-10-23)15-17-13-22-20-4-2-1-3-19(17)20/h1-8,13,22H,9-12,14-15H2. The van der Waals surface area contributed by atoms with Crippen LogP contribution in [-0.2, 0) is 13.1 Å². The number of para-hydroxylation sites is 1. The summed E-state index contributed by atoms with van der Waals surface area (Å²) in [5.41, 5.74) is 3.77. The lowest BCUT2D eigenvalue weighted by molar-refractivity contribution is 0.122. The summed E-state index contributed by atoms with van der Waals surface area (Å²) in [5, 5.41) is 1.33. The van der Waals surface area contributed by atoms with Gasteiger partial charge >= 0.3 is 0 Å². The van der Waals surface area contributed by atoms with Crippen LogP contribution in [0, 0.1) is 5.82 Å². The number of aromatic nitrogens is 1. The lowest BCUT2D eigenvalue weighted by atomic mass is 10.1. The smallest absolute Gasteiger partial charge is 0.123 e. The van der Waals surface area contributed by atoms with Gasteiger partial charge in [0.1, 0.15) is 5.82 Å². The molecule has 0 radical (unpaired) electrons. The first-order valence-corrected chi connectivity index (χ1v) is 8.52. The van der Waals surface area contributed by atoms with Crippen molar-refractivity contribution >= 4 is 10.9 Å². The SMILES string of the molecule is Fc1ccc(CN2CCN(Cc3c[nH]c4ccccc34)CC2)cc1. The van der Waals surface area contributed by atoms with Gasteiger partial charge in [0, 0.05) is 56.4 Å². The molecule has 1 aliphatic heterocycles. The molecule has 1 N–H and O–H groups in total. The van der Waals surface area contributed by atoms with E-state index in [1.807, 2.05) is 12.1 Å². The number of benzene rings is 2. The summed E-state index contributed by atoms with van der Waals surface area (Å²) < 4.78 is 13.0. The van der Waals surface area contributed by atoms with Crippen molar-refractivity contribution < 1.29 is 4.39 Å². The topological polar surface area (TPSA) is 22.3 Å². The Bertz CT molecular complexity index is 801. The summed E-state index contributed by atoms with van der Waals surface area (Å²) in [4.78, 5) is 8.31. The zero-order valence-electron chi connectivity index (χ0n) is 13.7. The maximum atomic E-state index is 13.0. The van der Waals surface area contributed by atoms with Crippen LogP contribution >= 0.6 is 0 Å². The van der Waals surface area contributed by atoms with Gasteiger partial charge < -0.3 is 4.98 Å². The fourth-order valence-corrected chi connectivity index (χ4v) is 3.46. The Labute approximate surface area is 141 Å². The number of nitrogens with one attached hydrogen (secondary N) is 1. The summed E-state index contributed by atoms with van der Waals surface area (Å²) in [6.07, 6.45) is 2.13. The number of halogens is 1. The second kappa shape index (κ2) is 6.75. The van der Waals surface area contributed by atoms with Crippen LogP contribution in [0.2, 0.25) is 0 Å². The van der Waals surface area contributed by atoms with Gasteiger partial charge in [0.15, 0.2) is 0 Å². The van der Waals surface area contributed by atoms with Crippen molar-refractivity contribution in [1.29, 1.82) is 0 Å². The zero-order valence-corrected chi connectivity index (χ0v) is 13.7. The minimum absolute atomic E-state index is 0.165. The number of fused-ring (bicyclic) bond motifs is 1. The molecule has 1 saturated heterocycles. The molecule has 0 amide bonds. The highest BCUT2D eigenvalue weighted by Crippen LogP contribution is 2.20. The average Bonchev–Trinajstić information content (AvgIpc) is 3.02. The van der Waals surface area contributed by atoms with E-state index in [4.69, 9.17) is 0 Å². The Morgan fingerprint density at radius 1 is 0.833 bits per heavy atom. The second-order valence-corrected chi connectivity index (χ2v) is 6.54. The molecule has 0 spiro atoms. The van der Waals surface area contributed by atoms with E-state index in [0.29, 0.717) is 0 Å². The molecule has 0 atom stereocenters. The van der Waals surface area contributed by atoms with Crippen LogP contribution in [0.5, 0.6) is 0 Å². The molecule has 1 fully saturated rings. The van der Waals surface area contributed by atoms with Crippen molar-refractivity contribution in [3.8, 4) is 0 Å². The minimum Gasteiger partial charge on any atom is -0.361 e. The monoisotopic (exact) mass is 323 g/mol. The highest BCUT2D eigenvalue weighted by atomic mass is 19.1. The Kier molecular flexibility index (Phi) is 4.32. The summed E-state index contributed by atoms with van der Waals surface area (Å²) in [7, 11) is 0. The lowest BCUT2D eigenvalue weighted by Gasteiger charge is -2.34. The number of piperazine rings is 1. The van der Waals surface area contributed by atoms with Gasteiger partial charge in [-0.2, -0.15) is 0 Å². The van der Waals surface area contributed by atoms with Crippen LogP contribution in [0.1, 0.15) is 11.1 Å². The molecule has 4 heteroatoms. The number of hydrogen-bond acceptors (Lipinski definition) is 2. The number of rotatable bonds is 4. The average molecular weight is 323 g/mol. The first kappa shape index (κ1) is 15.4. The van der Waals surface area contributed by atoms with Crippen LogP contribution in [-0.4, -0.2) is 41.0 Å². The van der Waals surface area contributed by atoms with Crippen molar-refractivity contribution in [1.82, 2.24) is 14.8 Å². The summed E-state index contributed by atoms with van der Waals surface area (Å²) in [6, 6.07) is 15.3. The summed E-state index contributed by atoms with van der Waals surface area (Å²) >= 11 is 0. The van der Waals surface area contributed by atoms with Gasteiger partial charge in [-0.1, -0.05) is 30.3 Å². The Balaban J connectivity index is 1.33. The van der Waals surface area contributed by atoms with Crippen molar-refractivity contribution in [2.24, 2.45) is 0 Å². The molecule has 0 aliphatic carbocycles. The summed E-state index contributed by atoms with van der Waals surface area (Å²) in [5.74, 6) is -0.165. The first-order valence-electron chi connectivity index (χ1n) is 8.52. The third-order valence-corrected chi connectivity index (χ3v) is 4.85. The second-order valence-electron chi connectivity index (χ2n) is 6.54. The molecule has 24 heavy (non-hydrogen) atoms. The van der Waals surface area contributed by atoms with Gasteiger partial charge in [0.2, 0.25) is 0 Å². The molecule has 4 rings (SSSR count).